The predicted octanol–water partition coefficient (Wildman–Crippen LogP) is 3.81. The number of methoxy groups -OCH3 is 2. The quantitative estimate of drug-likeness (QED) is 0.568. The molecule has 112 valence electrons. The van der Waals surface area contributed by atoms with E-state index in [1.54, 1.807) is 38.5 Å². The summed E-state index contributed by atoms with van der Waals surface area (Å²) in [7, 11) is 3.16. The Morgan fingerprint density at radius 2 is 1.68 bits per heavy atom. The average molecular weight is 299 g/mol. The summed E-state index contributed by atoms with van der Waals surface area (Å²) in [5.74, 6) is 1.46. The van der Waals surface area contributed by atoms with Crippen molar-refractivity contribution in [2.45, 2.75) is 0 Å². The van der Waals surface area contributed by atoms with Gasteiger partial charge < -0.3 is 19.7 Å². The molecule has 0 saturated carbocycles. The minimum atomic E-state index is -0.198. The molecule has 22 heavy (non-hydrogen) atoms. The Hall–Kier alpha value is -2.95. The first kappa shape index (κ1) is 14.0. The Kier molecular flexibility index (Phi) is 3.47. The molecule has 3 aromatic rings. The highest BCUT2D eigenvalue weighted by atomic mass is 16.5. The van der Waals surface area contributed by atoms with E-state index in [-0.39, 0.29) is 11.5 Å². The van der Waals surface area contributed by atoms with Gasteiger partial charge in [-0.15, -0.1) is 0 Å². The van der Waals surface area contributed by atoms with E-state index in [0.717, 1.165) is 5.39 Å². The lowest BCUT2D eigenvalue weighted by atomic mass is 10.1. The lowest BCUT2D eigenvalue weighted by molar-refractivity contribution is 0.396. The van der Waals surface area contributed by atoms with Gasteiger partial charge in [-0.2, -0.15) is 0 Å². The number of benzene rings is 2. The fraction of sp³-hybridized carbons (Fsp3) is 0.118. The molecule has 0 atom stereocenters. The molecule has 0 aliphatic rings. The van der Waals surface area contributed by atoms with Crippen LogP contribution in [-0.2, 0) is 0 Å². The summed E-state index contributed by atoms with van der Waals surface area (Å²) in [6.45, 7) is 0. The van der Waals surface area contributed by atoms with Crippen molar-refractivity contribution >= 4 is 11.0 Å². The van der Waals surface area contributed by atoms with Crippen LogP contribution in [0.15, 0.2) is 46.9 Å². The smallest absolute Gasteiger partial charge is 0.368 e. The first-order valence-corrected chi connectivity index (χ1v) is 6.63. The fourth-order valence-corrected chi connectivity index (χ4v) is 2.26. The summed E-state index contributed by atoms with van der Waals surface area (Å²) >= 11 is 0. The van der Waals surface area contributed by atoms with Crippen molar-refractivity contribution in [2.75, 3.05) is 14.2 Å². The maximum Gasteiger partial charge on any atom is 0.368 e. The number of ether oxygens (including phenoxy) is 2. The maximum absolute atomic E-state index is 9.61. The summed E-state index contributed by atoms with van der Waals surface area (Å²) in [5.41, 5.74) is 1.25. The maximum atomic E-state index is 9.61. The van der Waals surface area contributed by atoms with Crippen LogP contribution in [0.25, 0.3) is 22.3 Å². The number of phenolic OH excluding ortho intramolecular Hbond substituents is 2. The number of phenols is 2. The number of fused-ring (bicyclic) bond motifs is 1. The first-order chi connectivity index (χ1) is 10.6. The Morgan fingerprint density at radius 3 is 2.36 bits per heavy atom. The Bertz CT molecular complexity index is 842. The lowest BCUT2D eigenvalue weighted by Gasteiger charge is -2.04. The van der Waals surface area contributed by atoms with Gasteiger partial charge >= 0.3 is 11.3 Å². The van der Waals surface area contributed by atoms with Crippen molar-refractivity contribution in [2.24, 2.45) is 0 Å². The highest BCUT2D eigenvalue weighted by Crippen LogP contribution is 2.35. The van der Waals surface area contributed by atoms with Gasteiger partial charge in [0.05, 0.1) is 25.8 Å². The molecule has 2 aromatic carbocycles. The summed E-state index contributed by atoms with van der Waals surface area (Å²) in [4.78, 5) is 0. The molecule has 1 heterocycles. The average Bonchev–Trinajstić information content (AvgIpc) is 2.55. The van der Waals surface area contributed by atoms with E-state index in [1.807, 2.05) is 6.07 Å². The normalized spacial score (nSPS) is 10.6. The van der Waals surface area contributed by atoms with E-state index in [1.165, 1.54) is 12.1 Å². The molecule has 0 amide bonds. The second-order valence-corrected chi connectivity index (χ2v) is 4.74. The van der Waals surface area contributed by atoms with Crippen LogP contribution in [0.3, 0.4) is 0 Å². The topological polar surface area (TPSA) is 70.2 Å². The zero-order chi connectivity index (χ0) is 15.7. The number of rotatable bonds is 3. The van der Waals surface area contributed by atoms with Crippen molar-refractivity contribution in [1.29, 1.82) is 0 Å². The fourth-order valence-electron chi connectivity index (χ4n) is 2.26. The highest BCUT2D eigenvalue weighted by molar-refractivity contribution is 5.86. The van der Waals surface area contributed by atoms with E-state index in [0.29, 0.717) is 28.4 Å². The van der Waals surface area contributed by atoms with Gasteiger partial charge in [-0.1, -0.05) is 0 Å². The van der Waals surface area contributed by atoms with Crippen molar-refractivity contribution < 1.29 is 24.1 Å². The molecule has 0 radical (unpaired) electrons. The molecule has 0 unspecified atom stereocenters. The summed E-state index contributed by atoms with van der Waals surface area (Å²) in [5, 5.41) is 19.8. The monoisotopic (exact) mass is 299 g/mol. The first-order valence-electron chi connectivity index (χ1n) is 6.63. The van der Waals surface area contributed by atoms with Crippen LogP contribution in [0.5, 0.6) is 23.0 Å². The minimum absolute atomic E-state index is 0.173. The largest absolute Gasteiger partial charge is 0.504 e. The third-order valence-electron chi connectivity index (χ3n) is 3.41. The van der Waals surface area contributed by atoms with Gasteiger partial charge in [0.2, 0.25) is 0 Å². The Labute approximate surface area is 127 Å². The van der Waals surface area contributed by atoms with Gasteiger partial charge in [0.1, 0.15) is 16.9 Å². The van der Waals surface area contributed by atoms with Gasteiger partial charge in [0.15, 0.2) is 11.5 Å². The van der Waals surface area contributed by atoms with Crippen LogP contribution in [0.4, 0.5) is 0 Å². The van der Waals surface area contributed by atoms with E-state index in [4.69, 9.17) is 13.9 Å². The summed E-state index contributed by atoms with van der Waals surface area (Å²) < 4.78 is 16.4. The Morgan fingerprint density at radius 1 is 0.864 bits per heavy atom. The molecule has 2 N–H and O–H groups in total. The second-order valence-electron chi connectivity index (χ2n) is 4.74. The molecular formula is C17H15O5+. The van der Waals surface area contributed by atoms with Crippen LogP contribution in [0.2, 0.25) is 0 Å². The van der Waals surface area contributed by atoms with E-state index in [9.17, 15) is 10.2 Å². The van der Waals surface area contributed by atoms with Gasteiger partial charge in [-0.25, -0.2) is 4.42 Å². The van der Waals surface area contributed by atoms with Crippen LogP contribution < -0.4 is 9.47 Å². The number of hydrogen-bond acceptors (Lipinski definition) is 4. The third-order valence-corrected chi connectivity index (χ3v) is 3.41. The predicted molar refractivity (Wildman–Crippen MR) is 82.5 cm³/mol. The van der Waals surface area contributed by atoms with Crippen LogP contribution >= 0.6 is 0 Å². The van der Waals surface area contributed by atoms with Gasteiger partial charge in [0, 0.05) is 18.2 Å². The third kappa shape index (κ3) is 2.37. The molecule has 0 bridgehead atoms. The zero-order valence-electron chi connectivity index (χ0n) is 12.2. The molecule has 0 aliphatic heterocycles. The van der Waals surface area contributed by atoms with Gasteiger partial charge in [0.25, 0.3) is 0 Å². The molecule has 0 saturated heterocycles. The van der Waals surface area contributed by atoms with Crippen molar-refractivity contribution in [3.8, 4) is 34.3 Å². The highest BCUT2D eigenvalue weighted by Gasteiger charge is 2.19. The molecule has 0 spiro atoms. The molecule has 5 heteroatoms. The molecule has 0 fully saturated rings. The Balaban J connectivity index is 2.18. The van der Waals surface area contributed by atoms with Crippen molar-refractivity contribution in [1.82, 2.24) is 0 Å². The SMILES string of the molecule is COc1cc(OC)c2ccc(-c3ccc(O)c(O)c3)[o+]c2c1. The summed E-state index contributed by atoms with van der Waals surface area (Å²) in [6.07, 6.45) is 0. The lowest BCUT2D eigenvalue weighted by Crippen LogP contribution is -1.89. The molecule has 3 rings (SSSR count). The number of aromatic hydroxyl groups is 2. The molecule has 1 aromatic heterocycles. The minimum Gasteiger partial charge on any atom is -0.504 e. The molecule has 0 aliphatic carbocycles. The molecular weight excluding hydrogens is 284 g/mol. The zero-order valence-corrected chi connectivity index (χ0v) is 12.2. The van der Waals surface area contributed by atoms with E-state index in [2.05, 4.69) is 0 Å². The van der Waals surface area contributed by atoms with Crippen LogP contribution in [0.1, 0.15) is 0 Å². The molecule has 5 nitrogen and oxygen atoms in total. The van der Waals surface area contributed by atoms with E-state index >= 15 is 0 Å². The second kappa shape index (κ2) is 5.44. The number of hydrogen-bond donors (Lipinski definition) is 2. The standard InChI is InChI=1S/C17H14O5/c1-20-11-8-16(21-2)12-4-6-15(22-17(12)9-11)10-3-5-13(18)14(19)7-10/h3-9H,1-2H3,(H-,18,19)/p+1. The van der Waals surface area contributed by atoms with E-state index < -0.39 is 0 Å². The summed E-state index contributed by atoms with van der Waals surface area (Å²) in [6, 6.07) is 11.7. The van der Waals surface area contributed by atoms with Crippen molar-refractivity contribution in [3.63, 3.8) is 0 Å². The van der Waals surface area contributed by atoms with Gasteiger partial charge in [-0.05, 0) is 18.2 Å². The van der Waals surface area contributed by atoms with Gasteiger partial charge in [-0.3, -0.25) is 0 Å². The van der Waals surface area contributed by atoms with Crippen LogP contribution in [0, 0.1) is 0 Å². The van der Waals surface area contributed by atoms with Crippen molar-refractivity contribution in [3.05, 3.63) is 42.5 Å². The van der Waals surface area contributed by atoms with Crippen LogP contribution in [-0.4, -0.2) is 24.4 Å².